The van der Waals surface area contributed by atoms with E-state index < -0.39 is 11.9 Å². The van der Waals surface area contributed by atoms with Crippen LogP contribution in [0.4, 0.5) is 5.82 Å². The molecule has 4 heterocycles. The zero-order valence-electron chi connectivity index (χ0n) is 22.2. The molecule has 2 aromatic carbocycles. The third kappa shape index (κ3) is 5.22. The van der Waals surface area contributed by atoms with Crippen LogP contribution in [0.1, 0.15) is 40.4 Å². The van der Waals surface area contributed by atoms with Crippen molar-refractivity contribution in [2.75, 3.05) is 5.73 Å². The minimum absolute atomic E-state index is 0.0255. The number of aromatic nitrogens is 6. The normalized spacial score (nSPS) is 11.5. The highest BCUT2D eigenvalue weighted by Crippen LogP contribution is 2.22. The molecule has 6 rings (SSSR count). The van der Waals surface area contributed by atoms with Gasteiger partial charge in [-0.3, -0.25) is 19.1 Å². The van der Waals surface area contributed by atoms with E-state index in [1.165, 1.54) is 22.1 Å². The van der Waals surface area contributed by atoms with Crippen molar-refractivity contribution >= 4 is 34.0 Å². The topological polar surface area (TPSA) is 142 Å². The van der Waals surface area contributed by atoms with Gasteiger partial charge in [0.1, 0.15) is 17.2 Å². The second kappa shape index (κ2) is 11.4. The molecule has 3 N–H and O–H groups in total. The molecule has 1 amide bonds. The number of nitrogens with zero attached hydrogens (tertiary/aromatic N) is 6. The van der Waals surface area contributed by atoms with E-state index in [-0.39, 0.29) is 17.1 Å². The number of para-hydroxylation sites is 1. The highest BCUT2D eigenvalue weighted by Gasteiger charge is 2.23. The standard InChI is InChI=1S/C31H22N8O2S/c1-19(36-30(40)27-28(32)34-16-24(37-27)25-17-42-18-35-25)29-38-23-11-5-8-21(13-12-20-7-6-14-33-15-20)26(23)31(41)39(29)22-9-3-2-4-10-22/h2-11,14-19H,1H3,(H2,32,34)(H,36,40)/t19-/m0/s1. The number of nitrogen functional groups attached to an aromatic ring is 1. The number of fused-ring (bicyclic) bond motifs is 1. The van der Waals surface area contributed by atoms with Crippen LogP contribution in [-0.4, -0.2) is 35.4 Å². The van der Waals surface area contributed by atoms with Crippen molar-refractivity contribution in [2.45, 2.75) is 13.0 Å². The highest BCUT2D eigenvalue weighted by atomic mass is 32.1. The average molecular weight is 571 g/mol. The van der Waals surface area contributed by atoms with Crippen molar-refractivity contribution in [1.29, 1.82) is 0 Å². The number of pyridine rings is 1. The number of hydrogen-bond acceptors (Lipinski definition) is 9. The van der Waals surface area contributed by atoms with E-state index in [0.717, 1.165) is 5.56 Å². The van der Waals surface area contributed by atoms with E-state index in [1.54, 1.807) is 66.6 Å². The Labute approximate surface area is 244 Å². The van der Waals surface area contributed by atoms with Crippen LogP contribution < -0.4 is 16.6 Å². The Morgan fingerprint density at radius 2 is 1.83 bits per heavy atom. The molecule has 11 heteroatoms. The first-order valence-electron chi connectivity index (χ1n) is 12.8. The lowest BCUT2D eigenvalue weighted by Crippen LogP contribution is -2.34. The van der Waals surface area contributed by atoms with E-state index in [9.17, 15) is 9.59 Å². The maximum Gasteiger partial charge on any atom is 0.274 e. The van der Waals surface area contributed by atoms with Gasteiger partial charge in [0, 0.05) is 28.9 Å². The monoisotopic (exact) mass is 570 g/mol. The van der Waals surface area contributed by atoms with E-state index in [0.29, 0.717) is 39.4 Å². The van der Waals surface area contributed by atoms with Gasteiger partial charge in [-0.2, -0.15) is 0 Å². The number of rotatable bonds is 5. The van der Waals surface area contributed by atoms with Crippen LogP contribution in [-0.2, 0) is 0 Å². The molecule has 10 nitrogen and oxygen atoms in total. The van der Waals surface area contributed by atoms with Crippen LogP contribution in [0.25, 0.3) is 28.0 Å². The number of thiazole rings is 1. The van der Waals surface area contributed by atoms with Crippen LogP contribution in [0.3, 0.4) is 0 Å². The lowest BCUT2D eigenvalue weighted by Gasteiger charge is -2.20. The summed E-state index contributed by atoms with van der Waals surface area (Å²) in [5.74, 6) is 5.91. The van der Waals surface area contributed by atoms with Gasteiger partial charge in [0.2, 0.25) is 0 Å². The second-order valence-corrected chi connectivity index (χ2v) is 9.91. The Hall–Kier alpha value is -5.73. The van der Waals surface area contributed by atoms with Crippen molar-refractivity contribution < 1.29 is 4.79 Å². The summed E-state index contributed by atoms with van der Waals surface area (Å²) in [5.41, 5.74) is 10.6. The molecule has 0 unspecified atom stereocenters. The summed E-state index contributed by atoms with van der Waals surface area (Å²) in [4.78, 5) is 49.3. The first-order valence-corrected chi connectivity index (χ1v) is 13.8. The molecular weight excluding hydrogens is 548 g/mol. The van der Waals surface area contributed by atoms with Gasteiger partial charge >= 0.3 is 0 Å². The molecule has 0 aliphatic carbocycles. The number of carbonyl (C=O) groups is 1. The summed E-state index contributed by atoms with van der Waals surface area (Å²) in [6.45, 7) is 1.74. The lowest BCUT2D eigenvalue weighted by molar-refractivity contribution is 0.0933. The van der Waals surface area contributed by atoms with Crippen molar-refractivity contribution in [3.63, 3.8) is 0 Å². The Bertz CT molecular complexity index is 2030. The fourth-order valence-electron chi connectivity index (χ4n) is 4.40. The minimum atomic E-state index is -0.718. The zero-order chi connectivity index (χ0) is 29.1. The van der Waals surface area contributed by atoms with Gasteiger partial charge in [0.25, 0.3) is 11.5 Å². The van der Waals surface area contributed by atoms with E-state index >= 15 is 0 Å². The second-order valence-electron chi connectivity index (χ2n) is 9.20. The van der Waals surface area contributed by atoms with E-state index in [4.69, 9.17) is 10.7 Å². The summed E-state index contributed by atoms with van der Waals surface area (Å²) in [6, 6.07) is 17.4. The molecular formula is C31H22N8O2S. The Morgan fingerprint density at radius 1 is 0.976 bits per heavy atom. The van der Waals surface area contributed by atoms with Crippen LogP contribution in [0.2, 0.25) is 0 Å². The van der Waals surface area contributed by atoms with E-state index in [2.05, 4.69) is 37.1 Å². The fourth-order valence-corrected chi connectivity index (χ4v) is 4.95. The lowest BCUT2D eigenvalue weighted by atomic mass is 10.1. The molecule has 6 aromatic rings. The number of anilines is 1. The van der Waals surface area contributed by atoms with Gasteiger partial charge < -0.3 is 11.1 Å². The molecule has 4 aromatic heterocycles. The predicted molar refractivity (Wildman–Crippen MR) is 161 cm³/mol. The smallest absolute Gasteiger partial charge is 0.274 e. The molecule has 0 bridgehead atoms. The molecule has 0 spiro atoms. The number of benzene rings is 2. The van der Waals surface area contributed by atoms with Crippen LogP contribution in [0.15, 0.2) is 94.9 Å². The largest absolute Gasteiger partial charge is 0.382 e. The first-order chi connectivity index (χ1) is 20.5. The summed E-state index contributed by atoms with van der Waals surface area (Å²) >= 11 is 1.40. The number of amides is 1. The Morgan fingerprint density at radius 3 is 2.60 bits per heavy atom. The number of hydrogen-bond donors (Lipinski definition) is 2. The van der Waals surface area contributed by atoms with E-state index in [1.807, 2.05) is 24.3 Å². The summed E-state index contributed by atoms with van der Waals surface area (Å²) in [5, 5.41) is 5.06. The summed E-state index contributed by atoms with van der Waals surface area (Å²) in [6.07, 6.45) is 4.80. The van der Waals surface area contributed by atoms with Gasteiger partial charge in [0.15, 0.2) is 11.5 Å². The molecule has 0 saturated carbocycles. The molecule has 42 heavy (non-hydrogen) atoms. The molecule has 0 aliphatic heterocycles. The maximum absolute atomic E-state index is 14.2. The molecule has 0 saturated heterocycles. The summed E-state index contributed by atoms with van der Waals surface area (Å²) < 4.78 is 1.49. The van der Waals surface area contributed by atoms with Gasteiger partial charge in [-0.1, -0.05) is 36.1 Å². The quantitative estimate of drug-likeness (QED) is 0.294. The molecule has 0 radical (unpaired) electrons. The Kier molecular flexibility index (Phi) is 7.19. The van der Waals surface area contributed by atoms with Crippen LogP contribution in [0.5, 0.6) is 0 Å². The average Bonchev–Trinajstić information content (AvgIpc) is 3.56. The predicted octanol–water partition coefficient (Wildman–Crippen LogP) is 4.17. The van der Waals surface area contributed by atoms with Gasteiger partial charge in [0.05, 0.1) is 34.3 Å². The summed E-state index contributed by atoms with van der Waals surface area (Å²) in [7, 11) is 0. The van der Waals surface area contributed by atoms with Gasteiger partial charge in [-0.15, -0.1) is 11.3 Å². The number of carbonyl (C=O) groups excluding carboxylic acids is 1. The van der Waals surface area contributed by atoms with Gasteiger partial charge in [-0.05, 0) is 43.3 Å². The van der Waals surface area contributed by atoms with Gasteiger partial charge in [-0.25, -0.2) is 19.9 Å². The molecule has 0 fully saturated rings. The third-order valence-electron chi connectivity index (χ3n) is 6.39. The van der Waals surface area contributed by atoms with Crippen molar-refractivity contribution in [3.05, 3.63) is 123 Å². The fraction of sp³-hybridized carbons (Fsp3) is 0.0645. The van der Waals surface area contributed by atoms with Crippen molar-refractivity contribution in [2.24, 2.45) is 0 Å². The molecule has 0 aliphatic rings. The van der Waals surface area contributed by atoms with Crippen LogP contribution in [0, 0.1) is 11.8 Å². The number of nitrogens with two attached hydrogens (primary N) is 1. The molecule has 1 atom stereocenters. The highest BCUT2D eigenvalue weighted by molar-refractivity contribution is 7.07. The third-order valence-corrected chi connectivity index (χ3v) is 6.97. The zero-order valence-corrected chi connectivity index (χ0v) is 23.0. The SMILES string of the molecule is C[C@H](NC(=O)c1nc(-c2cscn2)cnc1N)c1nc2cccc(C#Cc3cccnc3)c2c(=O)n1-c1ccccc1. The molecule has 204 valence electrons. The van der Waals surface area contributed by atoms with Crippen molar-refractivity contribution in [3.8, 4) is 28.9 Å². The van der Waals surface area contributed by atoms with Crippen molar-refractivity contribution in [1.82, 2.24) is 34.8 Å². The minimum Gasteiger partial charge on any atom is -0.382 e. The van der Waals surface area contributed by atoms with Crippen LogP contribution >= 0.6 is 11.3 Å². The number of nitrogens with one attached hydrogen (secondary N) is 1. The Balaban J connectivity index is 1.44. The maximum atomic E-state index is 14.2. The first kappa shape index (κ1) is 26.5.